The molecule has 2 aromatic carbocycles. The lowest BCUT2D eigenvalue weighted by molar-refractivity contribution is 0.628. The molecule has 94 valence electrons. The van der Waals surface area contributed by atoms with Gasteiger partial charge in [0, 0.05) is 0 Å². The van der Waals surface area contributed by atoms with Crippen molar-refractivity contribution in [2.45, 2.75) is 26.4 Å². The molecular weight excluding hydrogens is 239 g/mol. The molecular formula is C16H19FSi. The van der Waals surface area contributed by atoms with Gasteiger partial charge in [-0.05, 0) is 24.1 Å². The second-order valence-corrected chi connectivity index (χ2v) is 9.59. The highest BCUT2D eigenvalue weighted by Gasteiger charge is 2.25. The van der Waals surface area contributed by atoms with Crippen LogP contribution in [0.3, 0.4) is 0 Å². The van der Waals surface area contributed by atoms with E-state index in [2.05, 4.69) is 44.3 Å². The fourth-order valence-corrected chi connectivity index (χ4v) is 4.52. The summed E-state index contributed by atoms with van der Waals surface area (Å²) in [5.74, 6) is -0.162. The summed E-state index contributed by atoms with van der Waals surface area (Å²) in [4.78, 5) is 0. The molecule has 0 aromatic heterocycles. The number of benzene rings is 2. The summed E-state index contributed by atoms with van der Waals surface area (Å²) in [5, 5.41) is 2.67. The summed E-state index contributed by atoms with van der Waals surface area (Å²) >= 11 is 0. The predicted octanol–water partition coefficient (Wildman–Crippen LogP) is 3.21. The molecule has 0 radical (unpaired) electrons. The molecule has 0 N–H and O–H groups in total. The molecule has 0 saturated heterocycles. The number of aryl methyl sites for hydroxylation is 1. The smallest absolute Gasteiger partial charge is 0.123 e. The molecule has 0 fully saturated rings. The van der Waals surface area contributed by atoms with Crippen LogP contribution < -0.4 is 10.4 Å². The summed E-state index contributed by atoms with van der Waals surface area (Å²) < 4.78 is 13.0. The number of rotatable bonds is 3. The van der Waals surface area contributed by atoms with Crippen LogP contribution in [0.1, 0.15) is 12.5 Å². The van der Waals surface area contributed by atoms with Gasteiger partial charge in [-0.25, -0.2) is 4.39 Å². The van der Waals surface area contributed by atoms with Crippen molar-refractivity contribution in [3.63, 3.8) is 0 Å². The van der Waals surface area contributed by atoms with E-state index in [1.807, 2.05) is 12.1 Å². The van der Waals surface area contributed by atoms with Crippen LogP contribution in [0.5, 0.6) is 0 Å². The fraction of sp³-hybridized carbons (Fsp3) is 0.250. The lowest BCUT2D eigenvalue weighted by atomic mass is 10.2. The maximum atomic E-state index is 13.0. The first kappa shape index (κ1) is 13.0. The van der Waals surface area contributed by atoms with Gasteiger partial charge in [0.15, 0.2) is 0 Å². The van der Waals surface area contributed by atoms with Crippen molar-refractivity contribution in [2.24, 2.45) is 0 Å². The molecule has 0 atom stereocenters. The number of hydrogen-bond acceptors (Lipinski definition) is 0. The van der Waals surface area contributed by atoms with Gasteiger partial charge >= 0.3 is 0 Å². The van der Waals surface area contributed by atoms with E-state index in [-0.39, 0.29) is 5.82 Å². The Bertz CT molecular complexity index is 512. The zero-order valence-corrected chi connectivity index (χ0v) is 12.2. The van der Waals surface area contributed by atoms with Gasteiger partial charge in [-0.15, -0.1) is 0 Å². The molecule has 0 bridgehead atoms. The lowest BCUT2D eigenvalue weighted by Gasteiger charge is -2.23. The summed E-state index contributed by atoms with van der Waals surface area (Å²) in [6, 6.07) is 15.8. The molecule has 2 aromatic rings. The number of halogens is 1. The van der Waals surface area contributed by atoms with E-state index in [1.54, 1.807) is 12.1 Å². The second kappa shape index (κ2) is 5.07. The van der Waals surface area contributed by atoms with Gasteiger partial charge in [0.1, 0.15) is 13.9 Å². The zero-order chi connectivity index (χ0) is 13.2. The Morgan fingerprint density at radius 2 is 1.28 bits per heavy atom. The van der Waals surface area contributed by atoms with Crippen LogP contribution in [0.4, 0.5) is 4.39 Å². The van der Waals surface area contributed by atoms with E-state index >= 15 is 0 Å². The standard InChI is InChI=1S/C16H19FSi/c1-4-13-5-9-15(10-6-13)18(2,3)16-11-7-14(17)8-12-16/h5-12H,4H2,1-3H3. The highest BCUT2D eigenvalue weighted by atomic mass is 28.3. The van der Waals surface area contributed by atoms with Crippen LogP contribution in [-0.2, 0) is 6.42 Å². The van der Waals surface area contributed by atoms with Crippen molar-refractivity contribution < 1.29 is 4.39 Å². The molecule has 0 aliphatic rings. The van der Waals surface area contributed by atoms with Crippen molar-refractivity contribution in [2.75, 3.05) is 0 Å². The summed E-state index contributed by atoms with van der Waals surface area (Å²) in [6.07, 6.45) is 1.07. The average Bonchev–Trinajstić information content (AvgIpc) is 2.39. The highest BCUT2D eigenvalue weighted by molar-refractivity contribution is 7.00. The molecule has 0 aliphatic carbocycles. The third-order valence-electron chi connectivity index (χ3n) is 3.65. The van der Waals surface area contributed by atoms with E-state index in [9.17, 15) is 4.39 Å². The third kappa shape index (κ3) is 2.54. The van der Waals surface area contributed by atoms with Crippen LogP contribution in [-0.4, -0.2) is 8.07 Å². The molecule has 0 unspecified atom stereocenters. The minimum absolute atomic E-state index is 0.162. The molecule has 2 heteroatoms. The molecule has 0 saturated carbocycles. The molecule has 0 aliphatic heterocycles. The summed E-state index contributed by atoms with van der Waals surface area (Å²) in [7, 11) is -1.68. The largest absolute Gasteiger partial charge is 0.207 e. The molecule has 18 heavy (non-hydrogen) atoms. The first-order valence-corrected chi connectivity index (χ1v) is 9.39. The van der Waals surface area contributed by atoms with E-state index in [1.165, 1.54) is 15.9 Å². The van der Waals surface area contributed by atoms with Crippen molar-refractivity contribution in [3.05, 3.63) is 59.9 Å². The van der Waals surface area contributed by atoms with Crippen LogP contribution in [0, 0.1) is 5.82 Å². The second-order valence-electron chi connectivity index (χ2n) is 5.18. The fourth-order valence-electron chi connectivity index (χ4n) is 2.19. The number of hydrogen-bond donors (Lipinski definition) is 0. The van der Waals surface area contributed by atoms with Gasteiger partial charge < -0.3 is 0 Å². The van der Waals surface area contributed by atoms with Gasteiger partial charge in [-0.1, -0.05) is 66.8 Å². The van der Waals surface area contributed by atoms with Crippen LogP contribution in [0.25, 0.3) is 0 Å². The third-order valence-corrected chi connectivity index (χ3v) is 7.20. The Labute approximate surface area is 109 Å². The van der Waals surface area contributed by atoms with E-state index < -0.39 is 8.07 Å². The normalized spacial score (nSPS) is 11.6. The van der Waals surface area contributed by atoms with Crippen molar-refractivity contribution in [1.82, 2.24) is 0 Å². The minimum atomic E-state index is -1.68. The Hall–Kier alpha value is -1.41. The van der Waals surface area contributed by atoms with Gasteiger partial charge in [-0.3, -0.25) is 0 Å². The average molecular weight is 258 g/mol. The SMILES string of the molecule is CCc1ccc([Si](C)(C)c2ccc(F)cc2)cc1. The Morgan fingerprint density at radius 3 is 1.72 bits per heavy atom. The first-order chi connectivity index (χ1) is 8.54. The monoisotopic (exact) mass is 258 g/mol. The summed E-state index contributed by atoms with van der Waals surface area (Å²) in [5.41, 5.74) is 1.36. The molecule has 0 amide bonds. The lowest BCUT2D eigenvalue weighted by Crippen LogP contribution is -2.52. The van der Waals surface area contributed by atoms with Gasteiger partial charge in [0.2, 0.25) is 0 Å². The van der Waals surface area contributed by atoms with Gasteiger partial charge in [0.05, 0.1) is 0 Å². The Balaban J connectivity index is 2.37. The van der Waals surface area contributed by atoms with E-state index in [4.69, 9.17) is 0 Å². The van der Waals surface area contributed by atoms with Crippen LogP contribution in [0.2, 0.25) is 13.1 Å². The van der Waals surface area contributed by atoms with Crippen LogP contribution in [0.15, 0.2) is 48.5 Å². The van der Waals surface area contributed by atoms with Gasteiger partial charge in [0.25, 0.3) is 0 Å². The predicted molar refractivity (Wildman–Crippen MR) is 79.0 cm³/mol. The first-order valence-electron chi connectivity index (χ1n) is 6.39. The maximum Gasteiger partial charge on any atom is 0.123 e. The quantitative estimate of drug-likeness (QED) is 0.742. The molecule has 2 rings (SSSR count). The maximum absolute atomic E-state index is 13.0. The van der Waals surface area contributed by atoms with E-state index in [0.29, 0.717) is 0 Å². The topological polar surface area (TPSA) is 0 Å². The van der Waals surface area contributed by atoms with Crippen molar-refractivity contribution in [3.8, 4) is 0 Å². The Kier molecular flexibility index (Phi) is 3.67. The minimum Gasteiger partial charge on any atom is -0.207 e. The summed E-state index contributed by atoms with van der Waals surface area (Å²) in [6.45, 7) is 6.78. The molecule has 0 nitrogen and oxygen atoms in total. The van der Waals surface area contributed by atoms with E-state index in [0.717, 1.165) is 6.42 Å². The van der Waals surface area contributed by atoms with Crippen LogP contribution >= 0.6 is 0 Å². The van der Waals surface area contributed by atoms with Crippen molar-refractivity contribution >= 4 is 18.4 Å². The molecule has 0 heterocycles. The van der Waals surface area contributed by atoms with Crippen molar-refractivity contribution in [1.29, 1.82) is 0 Å². The van der Waals surface area contributed by atoms with Gasteiger partial charge in [-0.2, -0.15) is 0 Å². The zero-order valence-electron chi connectivity index (χ0n) is 11.2. The molecule has 0 spiro atoms. The Morgan fingerprint density at radius 1 is 0.833 bits per heavy atom. The highest BCUT2D eigenvalue weighted by Crippen LogP contribution is 2.07.